The molecule has 3 aliphatic heterocycles. The summed E-state index contributed by atoms with van der Waals surface area (Å²) in [6, 6.07) is 1.24. The molecule has 0 radical (unpaired) electrons. The Bertz CT molecular complexity index is 454. The molecule has 3 heterocycles. The van der Waals surface area contributed by atoms with Crippen molar-refractivity contribution in [3.8, 4) is 0 Å². The van der Waals surface area contributed by atoms with E-state index in [0.717, 1.165) is 50.6 Å². The van der Waals surface area contributed by atoms with Crippen molar-refractivity contribution in [3.05, 3.63) is 0 Å². The summed E-state index contributed by atoms with van der Waals surface area (Å²) in [5.41, 5.74) is 0. The van der Waals surface area contributed by atoms with Crippen LogP contribution in [0.25, 0.3) is 0 Å². The van der Waals surface area contributed by atoms with E-state index in [1.165, 1.54) is 25.0 Å². The molecule has 0 aromatic heterocycles. The molecule has 5 nitrogen and oxygen atoms in total. The van der Waals surface area contributed by atoms with Crippen LogP contribution in [0.5, 0.6) is 0 Å². The van der Waals surface area contributed by atoms with Crippen molar-refractivity contribution < 1.29 is 9.84 Å². The number of methoxy groups -OCH3 is 1. The van der Waals surface area contributed by atoms with Gasteiger partial charge in [-0.25, -0.2) is 0 Å². The molecule has 4 fully saturated rings. The first-order valence-electron chi connectivity index (χ1n) is 10.7. The quantitative estimate of drug-likeness (QED) is 0.754. The Morgan fingerprint density at radius 1 is 1.19 bits per heavy atom. The standard InChI is InChI=1S/C20H37N3O2S/c1-22-17-9-10-23(12-16(17)21-20(22)19-4-3-11-26-19)13-18(24)14-5-7-15(25-2)8-6-14/h14-21,24H,3-13H2,1-2H3/t14?,15?,16?,17?,18-,19?,20?/m0/s1. The fourth-order valence-corrected chi connectivity index (χ4v) is 7.13. The molecule has 3 saturated heterocycles. The van der Waals surface area contributed by atoms with Gasteiger partial charge in [0.15, 0.2) is 0 Å². The molecule has 0 spiro atoms. The van der Waals surface area contributed by atoms with Gasteiger partial charge in [-0.1, -0.05) is 0 Å². The molecule has 2 N–H and O–H groups in total. The van der Waals surface area contributed by atoms with Crippen molar-refractivity contribution in [1.29, 1.82) is 0 Å². The Hall–Kier alpha value is 0.150. The van der Waals surface area contributed by atoms with E-state index in [2.05, 4.69) is 33.9 Å². The average Bonchev–Trinajstić information content (AvgIpc) is 3.30. The highest BCUT2D eigenvalue weighted by Gasteiger charge is 2.45. The zero-order valence-electron chi connectivity index (χ0n) is 16.5. The number of thioether (sulfide) groups is 1. The monoisotopic (exact) mass is 383 g/mol. The lowest BCUT2D eigenvalue weighted by Crippen LogP contribution is -2.53. The molecule has 4 rings (SSSR count). The van der Waals surface area contributed by atoms with Crippen LogP contribution in [0.4, 0.5) is 0 Å². The van der Waals surface area contributed by atoms with Gasteiger partial charge in [-0.05, 0) is 70.2 Å². The molecular formula is C20H37N3O2S. The first-order valence-corrected chi connectivity index (χ1v) is 11.7. The fourth-order valence-electron chi connectivity index (χ4n) is 5.71. The Labute approximate surface area is 163 Å². The molecule has 1 saturated carbocycles. The van der Waals surface area contributed by atoms with Gasteiger partial charge in [-0.3, -0.25) is 15.1 Å². The van der Waals surface area contributed by atoms with Crippen LogP contribution >= 0.6 is 11.8 Å². The number of nitrogens with zero attached hydrogens (tertiary/aromatic N) is 2. The molecule has 0 amide bonds. The Balaban J connectivity index is 1.27. The predicted octanol–water partition coefficient (Wildman–Crippen LogP) is 1.75. The van der Waals surface area contributed by atoms with Gasteiger partial charge in [0.25, 0.3) is 0 Å². The normalized spacial score (nSPS) is 43.5. The number of likely N-dealkylation sites (tertiary alicyclic amines) is 1. The van der Waals surface area contributed by atoms with Crippen LogP contribution in [-0.4, -0.2) is 90.2 Å². The van der Waals surface area contributed by atoms with Gasteiger partial charge < -0.3 is 9.84 Å². The number of likely N-dealkylation sites (N-methyl/N-ethyl adjacent to an activating group) is 1. The van der Waals surface area contributed by atoms with E-state index in [9.17, 15) is 5.11 Å². The summed E-state index contributed by atoms with van der Waals surface area (Å²) >= 11 is 2.15. The lowest BCUT2D eigenvalue weighted by molar-refractivity contribution is 0.0000304. The minimum Gasteiger partial charge on any atom is -0.392 e. The highest BCUT2D eigenvalue weighted by molar-refractivity contribution is 8.00. The SMILES string of the molecule is COC1CCC([C@@H](O)CN2CCC3C(C2)NC(C2CCCS2)N3C)CC1. The second-order valence-electron chi connectivity index (χ2n) is 8.89. The number of rotatable bonds is 5. The summed E-state index contributed by atoms with van der Waals surface area (Å²) in [4.78, 5) is 5.13. The summed E-state index contributed by atoms with van der Waals surface area (Å²) in [6.07, 6.45) is 9.19. The Kier molecular flexibility index (Phi) is 6.49. The highest BCUT2D eigenvalue weighted by atomic mass is 32.2. The van der Waals surface area contributed by atoms with E-state index in [1.54, 1.807) is 0 Å². The summed E-state index contributed by atoms with van der Waals surface area (Å²) in [7, 11) is 4.13. The van der Waals surface area contributed by atoms with Crippen LogP contribution in [0.1, 0.15) is 44.9 Å². The van der Waals surface area contributed by atoms with E-state index >= 15 is 0 Å². The van der Waals surface area contributed by atoms with Gasteiger partial charge in [-0.15, -0.1) is 0 Å². The van der Waals surface area contributed by atoms with Gasteiger partial charge >= 0.3 is 0 Å². The van der Waals surface area contributed by atoms with Crippen LogP contribution in [0.2, 0.25) is 0 Å². The summed E-state index contributed by atoms with van der Waals surface area (Å²) in [5, 5.41) is 15.5. The van der Waals surface area contributed by atoms with Crippen molar-refractivity contribution in [2.45, 2.75) is 80.7 Å². The number of nitrogens with one attached hydrogen (secondary N) is 1. The number of aliphatic hydroxyl groups excluding tert-OH is 1. The van der Waals surface area contributed by atoms with E-state index in [1.807, 2.05) is 7.11 Å². The second-order valence-corrected chi connectivity index (χ2v) is 10.2. The lowest BCUT2D eigenvalue weighted by Gasteiger charge is -2.39. The molecule has 0 aromatic rings. The largest absolute Gasteiger partial charge is 0.392 e. The first kappa shape index (κ1) is 19.5. The minimum absolute atomic E-state index is 0.176. The van der Waals surface area contributed by atoms with Crippen LogP contribution < -0.4 is 5.32 Å². The molecule has 4 unspecified atom stereocenters. The van der Waals surface area contributed by atoms with Crippen LogP contribution in [0.15, 0.2) is 0 Å². The molecule has 150 valence electrons. The highest BCUT2D eigenvalue weighted by Crippen LogP contribution is 2.35. The lowest BCUT2D eigenvalue weighted by atomic mass is 9.83. The molecule has 1 aliphatic carbocycles. The number of β-amino-alcohol motifs (C(OH)–C–C–N with tert-alkyl or cyclic N) is 1. The zero-order chi connectivity index (χ0) is 18.1. The summed E-state index contributed by atoms with van der Waals surface area (Å²) < 4.78 is 5.47. The van der Waals surface area contributed by atoms with Crippen LogP contribution in [0, 0.1) is 5.92 Å². The number of fused-ring (bicyclic) bond motifs is 1. The fraction of sp³-hybridized carbons (Fsp3) is 1.00. The summed E-state index contributed by atoms with van der Waals surface area (Å²) in [5.74, 6) is 1.79. The third kappa shape index (κ3) is 4.11. The zero-order valence-corrected chi connectivity index (χ0v) is 17.3. The maximum absolute atomic E-state index is 10.8. The molecule has 6 heteroatoms. The third-order valence-electron chi connectivity index (χ3n) is 7.37. The molecule has 5 atom stereocenters. The third-order valence-corrected chi connectivity index (χ3v) is 8.81. The van der Waals surface area contributed by atoms with Gasteiger partial charge in [0, 0.05) is 37.5 Å². The summed E-state index contributed by atoms with van der Waals surface area (Å²) in [6.45, 7) is 3.06. The molecule has 0 bridgehead atoms. The van der Waals surface area contributed by atoms with Crippen LogP contribution in [-0.2, 0) is 4.74 Å². The smallest absolute Gasteiger partial charge is 0.0723 e. The van der Waals surface area contributed by atoms with E-state index < -0.39 is 0 Å². The maximum atomic E-state index is 10.8. The van der Waals surface area contributed by atoms with Crippen LogP contribution in [0.3, 0.4) is 0 Å². The van der Waals surface area contributed by atoms with Crippen molar-refractivity contribution in [2.75, 3.05) is 39.5 Å². The molecule has 0 aromatic carbocycles. The van der Waals surface area contributed by atoms with Crippen molar-refractivity contribution in [3.63, 3.8) is 0 Å². The van der Waals surface area contributed by atoms with E-state index in [-0.39, 0.29) is 6.10 Å². The number of ether oxygens (including phenoxy) is 1. The minimum atomic E-state index is -0.176. The van der Waals surface area contributed by atoms with Gasteiger partial charge in [0.05, 0.1) is 18.4 Å². The average molecular weight is 384 g/mol. The number of hydrogen-bond donors (Lipinski definition) is 2. The van der Waals surface area contributed by atoms with Crippen molar-refractivity contribution in [2.24, 2.45) is 5.92 Å². The van der Waals surface area contributed by atoms with E-state index in [0.29, 0.717) is 30.3 Å². The van der Waals surface area contributed by atoms with E-state index in [4.69, 9.17) is 4.74 Å². The molecule has 4 aliphatic rings. The van der Waals surface area contributed by atoms with Gasteiger partial charge in [-0.2, -0.15) is 11.8 Å². The number of piperidine rings is 1. The predicted molar refractivity (Wildman–Crippen MR) is 108 cm³/mol. The molecule has 26 heavy (non-hydrogen) atoms. The van der Waals surface area contributed by atoms with Gasteiger partial charge in [0.1, 0.15) is 0 Å². The van der Waals surface area contributed by atoms with Crippen molar-refractivity contribution >= 4 is 11.8 Å². The first-order chi connectivity index (χ1) is 12.7. The Morgan fingerprint density at radius 3 is 2.69 bits per heavy atom. The Morgan fingerprint density at radius 2 is 2.00 bits per heavy atom. The second kappa shape index (κ2) is 8.66. The number of aliphatic hydroxyl groups is 1. The van der Waals surface area contributed by atoms with Crippen molar-refractivity contribution in [1.82, 2.24) is 15.1 Å². The molecular weight excluding hydrogens is 346 g/mol. The number of hydrogen-bond acceptors (Lipinski definition) is 6. The van der Waals surface area contributed by atoms with Gasteiger partial charge in [0.2, 0.25) is 0 Å². The maximum Gasteiger partial charge on any atom is 0.0723 e. The topological polar surface area (TPSA) is 48.0 Å².